The Morgan fingerprint density at radius 3 is 3.07 bits per heavy atom. The summed E-state index contributed by atoms with van der Waals surface area (Å²) in [6.45, 7) is 2.99. The second-order valence-electron chi connectivity index (χ2n) is 3.55. The van der Waals surface area contributed by atoms with Gasteiger partial charge in [0, 0.05) is 12.6 Å². The van der Waals surface area contributed by atoms with E-state index >= 15 is 0 Å². The molecule has 76 valence electrons. The molecule has 1 aliphatic carbocycles. The van der Waals surface area contributed by atoms with E-state index in [1.807, 2.05) is 10.9 Å². The highest BCUT2D eigenvalue weighted by atomic mass is 79.9. The fraction of sp³-hybridized carbons (Fsp3) is 0.500. The van der Waals surface area contributed by atoms with Gasteiger partial charge in [0.25, 0.3) is 0 Å². The summed E-state index contributed by atoms with van der Waals surface area (Å²) in [5.74, 6) is 0. The molecule has 0 aromatic carbocycles. The van der Waals surface area contributed by atoms with Crippen LogP contribution in [0.5, 0.6) is 0 Å². The highest BCUT2D eigenvalue weighted by Gasteiger charge is 2.18. The third kappa shape index (κ3) is 1.64. The van der Waals surface area contributed by atoms with Gasteiger partial charge in [-0.2, -0.15) is 5.10 Å². The van der Waals surface area contributed by atoms with Crippen LogP contribution in [0.1, 0.15) is 25.5 Å². The van der Waals surface area contributed by atoms with E-state index in [-0.39, 0.29) is 6.04 Å². The van der Waals surface area contributed by atoms with Crippen molar-refractivity contribution in [3.63, 3.8) is 0 Å². The van der Waals surface area contributed by atoms with E-state index in [9.17, 15) is 0 Å². The van der Waals surface area contributed by atoms with Crippen molar-refractivity contribution in [2.75, 3.05) is 0 Å². The molecule has 0 saturated heterocycles. The van der Waals surface area contributed by atoms with Crippen molar-refractivity contribution in [3.8, 4) is 0 Å². The molecule has 0 spiro atoms. The first-order chi connectivity index (χ1) is 6.72. The molecule has 1 aromatic heterocycles. The third-order valence-corrected chi connectivity index (χ3v) is 3.14. The van der Waals surface area contributed by atoms with Crippen molar-refractivity contribution in [1.29, 1.82) is 0 Å². The minimum atomic E-state index is 0.220. The largest absolute Gasteiger partial charge is 0.324 e. The van der Waals surface area contributed by atoms with Gasteiger partial charge in [-0.05, 0) is 41.3 Å². The van der Waals surface area contributed by atoms with Gasteiger partial charge in [0.15, 0.2) is 0 Å². The molecule has 1 unspecified atom stereocenters. The van der Waals surface area contributed by atoms with Crippen LogP contribution in [0, 0.1) is 0 Å². The van der Waals surface area contributed by atoms with Gasteiger partial charge in [0.2, 0.25) is 0 Å². The van der Waals surface area contributed by atoms with E-state index in [1.54, 1.807) is 0 Å². The predicted octanol–water partition coefficient (Wildman–Crippen LogP) is 2.17. The molecular weight excluding hydrogens is 242 g/mol. The van der Waals surface area contributed by atoms with Gasteiger partial charge in [-0.3, -0.25) is 4.68 Å². The molecule has 0 amide bonds. The van der Waals surface area contributed by atoms with Crippen molar-refractivity contribution in [3.05, 3.63) is 22.4 Å². The Labute approximate surface area is 92.1 Å². The average molecular weight is 256 g/mol. The molecule has 1 heterocycles. The zero-order chi connectivity index (χ0) is 10.1. The van der Waals surface area contributed by atoms with Crippen molar-refractivity contribution < 1.29 is 0 Å². The van der Waals surface area contributed by atoms with Crippen LogP contribution in [-0.2, 0) is 6.54 Å². The summed E-state index contributed by atoms with van der Waals surface area (Å²) >= 11 is 3.52. The van der Waals surface area contributed by atoms with E-state index in [0.717, 1.165) is 23.9 Å². The summed E-state index contributed by atoms with van der Waals surface area (Å²) in [6, 6.07) is 0.220. The maximum atomic E-state index is 5.85. The lowest BCUT2D eigenvalue weighted by atomic mass is 10.2. The lowest BCUT2D eigenvalue weighted by molar-refractivity contribution is 0.649. The number of hydrogen-bond acceptors (Lipinski definition) is 2. The zero-order valence-electron chi connectivity index (χ0n) is 8.20. The Morgan fingerprint density at radius 1 is 1.71 bits per heavy atom. The summed E-state index contributed by atoms with van der Waals surface area (Å²) in [7, 11) is 0. The maximum absolute atomic E-state index is 5.85. The van der Waals surface area contributed by atoms with Crippen molar-refractivity contribution in [2.45, 2.75) is 32.4 Å². The number of nitrogens with two attached hydrogens (primary N) is 1. The highest BCUT2D eigenvalue weighted by molar-refractivity contribution is 9.10. The molecule has 1 atom stereocenters. The standard InChI is InChI=1S/C10H14BrN3/c1-2-14-10(9(11)6-13-14)7-3-4-8(12)5-7/h5-6,8H,2-4,12H2,1H3. The monoisotopic (exact) mass is 255 g/mol. The van der Waals surface area contributed by atoms with Crippen LogP contribution >= 0.6 is 15.9 Å². The summed E-state index contributed by atoms with van der Waals surface area (Å²) in [6.07, 6.45) is 6.11. The maximum Gasteiger partial charge on any atom is 0.0781 e. The normalized spacial score (nSPS) is 21.4. The molecule has 2 rings (SSSR count). The highest BCUT2D eigenvalue weighted by Crippen LogP contribution is 2.31. The van der Waals surface area contributed by atoms with Crippen LogP contribution in [0.4, 0.5) is 0 Å². The smallest absolute Gasteiger partial charge is 0.0781 e. The van der Waals surface area contributed by atoms with Crippen LogP contribution in [-0.4, -0.2) is 15.8 Å². The molecule has 3 nitrogen and oxygen atoms in total. The third-order valence-electron chi connectivity index (χ3n) is 2.56. The lowest BCUT2D eigenvalue weighted by Gasteiger charge is -2.05. The quantitative estimate of drug-likeness (QED) is 0.881. The first kappa shape index (κ1) is 9.93. The van der Waals surface area contributed by atoms with E-state index < -0.39 is 0 Å². The minimum absolute atomic E-state index is 0.220. The number of rotatable bonds is 2. The van der Waals surface area contributed by atoms with Gasteiger partial charge >= 0.3 is 0 Å². The summed E-state index contributed by atoms with van der Waals surface area (Å²) in [5.41, 5.74) is 8.37. The molecule has 1 aliphatic rings. The second-order valence-corrected chi connectivity index (χ2v) is 4.41. The van der Waals surface area contributed by atoms with Crippen LogP contribution < -0.4 is 5.73 Å². The number of aryl methyl sites for hydroxylation is 1. The van der Waals surface area contributed by atoms with Crippen molar-refractivity contribution in [1.82, 2.24) is 9.78 Å². The van der Waals surface area contributed by atoms with Gasteiger partial charge < -0.3 is 5.73 Å². The summed E-state index contributed by atoms with van der Waals surface area (Å²) in [5, 5.41) is 4.29. The second kappa shape index (κ2) is 3.87. The van der Waals surface area contributed by atoms with E-state index in [4.69, 9.17) is 5.73 Å². The Bertz CT molecular complexity index is 367. The summed E-state index contributed by atoms with van der Waals surface area (Å²) in [4.78, 5) is 0. The molecule has 1 aromatic rings. The average Bonchev–Trinajstić information content (AvgIpc) is 2.71. The van der Waals surface area contributed by atoms with E-state index in [2.05, 4.69) is 34.0 Å². The number of allylic oxidation sites excluding steroid dienone is 1. The topological polar surface area (TPSA) is 43.8 Å². The molecule has 4 heteroatoms. The van der Waals surface area contributed by atoms with Gasteiger partial charge in [0.1, 0.15) is 0 Å². The molecule has 0 fully saturated rings. The van der Waals surface area contributed by atoms with E-state index in [0.29, 0.717) is 0 Å². The molecular formula is C10H14BrN3. The van der Waals surface area contributed by atoms with Crippen molar-refractivity contribution >= 4 is 21.5 Å². The number of aromatic nitrogens is 2. The molecule has 0 saturated carbocycles. The number of halogens is 1. The van der Waals surface area contributed by atoms with Crippen LogP contribution in [0.25, 0.3) is 5.57 Å². The molecule has 2 N–H and O–H groups in total. The lowest BCUT2D eigenvalue weighted by Crippen LogP contribution is -2.11. The van der Waals surface area contributed by atoms with Gasteiger partial charge in [-0.15, -0.1) is 0 Å². The molecule has 14 heavy (non-hydrogen) atoms. The Balaban J connectivity index is 2.40. The van der Waals surface area contributed by atoms with Crippen LogP contribution in [0.2, 0.25) is 0 Å². The number of hydrogen-bond donors (Lipinski definition) is 1. The molecule has 0 radical (unpaired) electrons. The fourth-order valence-corrected chi connectivity index (χ4v) is 2.42. The van der Waals surface area contributed by atoms with Gasteiger partial charge in [0.05, 0.1) is 16.4 Å². The summed E-state index contributed by atoms with van der Waals surface area (Å²) < 4.78 is 3.08. The van der Waals surface area contributed by atoms with Crippen LogP contribution in [0.3, 0.4) is 0 Å². The van der Waals surface area contributed by atoms with Crippen molar-refractivity contribution in [2.24, 2.45) is 5.73 Å². The zero-order valence-corrected chi connectivity index (χ0v) is 9.79. The Hall–Kier alpha value is -0.610. The van der Waals surface area contributed by atoms with E-state index in [1.165, 1.54) is 11.3 Å². The van der Waals surface area contributed by atoms with Gasteiger partial charge in [-0.25, -0.2) is 0 Å². The fourth-order valence-electron chi connectivity index (χ4n) is 1.87. The first-order valence-electron chi connectivity index (χ1n) is 4.90. The molecule has 0 aliphatic heterocycles. The Kier molecular flexibility index (Phi) is 2.74. The molecule has 0 bridgehead atoms. The predicted molar refractivity (Wildman–Crippen MR) is 60.8 cm³/mol. The van der Waals surface area contributed by atoms with Crippen LogP contribution in [0.15, 0.2) is 16.7 Å². The Morgan fingerprint density at radius 2 is 2.50 bits per heavy atom. The number of nitrogens with zero attached hydrogens (tertiary/aromatic N) is 2. The SMILES string of the molecule is CCn1ncc(Br)c1C1=CC(N)CC1. The first-order valence-corrected chi connectivity index (χ1v) is 5.69. The van der Waals surface area contributed by atoms with Gasteiger partial charge in [-0.1, -0.05) is 6.08 Å². The minimum Gasteiger partial charge on any atom is -0.324 e.